The fourth-order valence-electron chi connectivity index (χ4n) is 2.01. The van der Waals surface area contributed by atoms with Crippen LogP contribution in [0.3, 0.4) is 0 Å². The first-order valence-corrected chi connectivity index (χ1v) is 9.41. The Labute approximate surface area is 152 Å². The van der Waals surface area contributed by atoms with E-state index in [0.717, 1.165) is 10.4 Å². The molecule has 1 aromatic carbocycles. The van der Waals surface area contributed by atoms with Crippen LogP contribution in [0.25, 0.3) is 10.8 Å². The van der Waals surface area contributed by atoms with Gasteiger partial charge in [0.1, 0.15) is 0 Å². The number of carbonyl (C=O) groups is 1. The van der Waals surface area contributed by atoms with Crippen molar-refractivity contribution in [2.45, 2.75) is 18.2 Å². The molecule has 24 heavy (non-hydrogen) atoms. The van der Waals surface area contributed by atoms with Gasteiger partial charge in [0.25, 0.3) is 11.1 Å². The maximum absolute atomic E-state index is 12.1. The summed E-state index contributed by atoms with van der Waals surface area (Å²) < 4.78 is 5.54. The van der Waals surface area contributed by atoms with E-state index in [1.807, 2.05) is 36.6 Å². The number of benzene rings is 1. The van der Waals surface area contributed by atoms with Crippen molar-refractivity contribution in [3.63, 3.8) is 0 Å². The Kier molecular flexibility index (Phi) is 5.55. The Hall–Kier alpha value is -1.83. The van der Waals surface area contributed by atoms with Gasteiger partial charge in [-0.1, -0.05) is 41.6 Å². The maximum Gasteiger partial charge on any atom is 0.277 e. The molecule has 1 atom stereocenters. The predicted octanol–water partition coefficient (Wildman–Crippen LogP) is 4.42. The first-order valence-electron chi connectivity index (χ1n) is 7.17. The number of thiophene rings is 1. The standard InChI is InChI=1S/C16H14ClN3O2S2/c1-10(11-4-6-12(17)7-5-11)18-14(21)9-24-16-20-19-15(22-16)13-3-2-8-23-13/h2-8,10H,9H2,1H3,(H,18,21)/t10-/m1/s1. The van der Waals surface area contributed by atoms with Gasteiger partial charge in [-0.05, 0) is 36.1 Å². The number of hydrogen-bond acceptors (Lipinski definition) is 6. The van der Waals surface area contributed by atoms with Gasteiger partial charge in [-0.3, -0.25) is 4.79 Å². The van der Waals surface area contributed by atoms with E-state index in [2.05, 4.69) is 15.5 Å². The number of aromatic nitrogens is 2. The van der Waals surface area contributed by atoms with E-state index in [4.69, 9.17) is 16.0 Å². The molecular formula is C16H14ClN3O2S2. The third-order valence-corrected chi connectivity index (χ3v) is 5.14. The summed E-state index contributed by atoms with van der Waals surface area (Å²) in [6.07, 6.45) is 0. The van der Waals surface area contributed by atoms with E-state index in [0.29, 0.717) is 16.1 Å². The normalized spacial score (nSPS) is 12.1. The third-order valence-electron chi connectivity index (χ3n) is 3.21. The van der Waals surface area contributed by atoms with Crippen LogP contribution in [0.2, 0.25) is 5.02 Å². The highest BCUT2D eigenvalue weighted by Crippen LogP contribution is 2.26. The molecule has 0 unspecified atom stereocenters. The Morgan fingerprint density at radius 1 is 1.33 bits per heavy atom. The van der Waals surface area contributed by atoms with Gasteiger partial charge in [0, 0.05) is 5.02 Å². The van der Waals surface area contributed by atoms with Crippen molar-refractivity contribution < 1.29 is 9.21 Å². The number of hydrogen-bond donors (Lipinski definition) is 1. The molecule has 8 heteroatoms. The van der Waals surface area contributed by atoms with Gasteiger partial charge in [-0.2, -0.15) is 0 Å². The largest absolute Gasteiger partial charge is 0.410 e. The number of amides is 1. The van der Waals surface area contributed by atoms with Gasteiger partial charge < -0.3 is 9.73 Å². The topological polar surface area (TPSA) is 68.0 Å². The minimum atomic E-state index is -0.0988. The second kappa shape index (κ2) is 7.83. The Morgan fingerprint density at radius 3 is 2.83 bits per heavy atom. The molecule has 0 radical (unpaired) electrons. The molecule has 3 aromatic rings. The second-order valence-electron chi connectivity index (χ2n) is 4.98. The highest BCUT2D eigenvalue weighted by Gasteiger charge is 2.13. The third kappa shape index (κ3) is 4.37. The van der Waals surface area contributed by atoms with Gasteiger partial charge in [-0.15, -0.1) is 21.5 Å². The molecule has 0 saturated heterocycles. The highest BCUT2D eigenvalue weighted by atomic mass is 35.5. The van der Waals surface area contributed by atoms with Crippen molar-refractivity contribution in [3.05, 3.63) is 52.4 Å². The van der Waals surface area contributed by atoms with Crippen LogP contribution in [0.15, 0.2) is 51.4 Å². The van der Waals surface area contributed by atoms with Crippen molar-refractivity contribution in [1.82, 2.24) is 15.5 Å². The van der Waals surface area contributed by atoms with Gasteiger partial charge >= 0.3 is 0 Å². The SMILES string of the molecule is C[C@@H](NC(=O)CSc1nnc(-c2cccs2)o1)c1ccc(Cl)cc1. The highest BCUT2D eigenvalue weighted by molar-refractivity contribution is 7.99. The number of halogens is 1. The van der Waals surface area contributed by atoms with Crippen molar-refractivity contribution >= 4 is 40.6 Å². The average Bonchev–Trinajstić information content (AvgIpc) is 3.25. The lowest BCUT2D eigenvalue weighted by Crippen LogP contribution is -2.28. The van der Waals surface area contributed by atoms with E-state index in [1.54, 1.807) is 12.1 Å². The molecule has 2 heterocycles. The molecule has 5 nitrogen and oxygen atoms in total. The van der Waals surface area contributed by atoms with Crippen molar-refractivity contribution in [2.75, 3.05) is 5.75 Å². The predicted molar refractivity (Wildman–Crippen MR) is 96.3 cm³/mol. The zero-order chi connectivity index (χ0) is 16.9. The van der Waals surface area contributed by atoms with Crippen LogP contribution >= 0.6 is 34.7 Å². The summed E-state index contributed by atoms with van der Waals surface area (Å²) in [6, 6.07) is 11.1. The summed E-state index contributed by atoms with van der Waals surface area (Å²) in [5.74, 6) is 0.588. The maximum atomic E-state index is 12.1. The monoisotopic (exact) mass is 379 g/mol. The molecule has 124 valence electrons. The Balaban J connectivity index is 1.51. The molecule has 0 spiro atoms. The van der Waals surface area contributed by atoms with Gasteiger partial charge in [-0.25, -0.2) is 0 Å². The Morgan fingerprint density at radius 2 is 2.12 bits per heavy atom. The molecule has 2 aromatic heterocycles. The number of thioether (sulfide) groups is 1. The van der Waals surface area contributed by atoms with E-state index in [-0.39, 0.29) is 17.7 Å². The van der Waals surface area contributed by atoms with Crippen LogP contribution in [-0.4, -0.2) is 21.9 Å². The van der Waals surface area contributed by atoms with E-state index in [9.17, 15) is 4.79 Å². The number of carbonyl (C=O) groups excluding carboxylic acids is 1. The summed E-state index contributed by atoms with van der Waals surface area (Å²) in [7, 11) is 0. The van der Waals surface area contributed by atoms with Crippen molar-refractivity contribution in [3.8, 4) is 10.8 Å². The number of nitrogens with zero attached hydrogens (tertiary/aromatic N) is 2. The van der Waals surface area contributed by atoms with Gasteiger partial charge in [0.05, 0.1) is 16.7 Å². The fraction of sp³-hybridized carbons (Fsp3) is 0.188. The first-order chi connectivity index (χ1) is 11.6. The van der Waals surface area contributed by atoms with Crippen LogP contribution in [-0.2, 0) is 4.79 Å². The zero-order valence-electron chi connectivity index (χ0n) is 12.7. The minimum Gasteiger partial charge on any atom is -0.410 e. The van der Waals surface area contributed by atoms with E-state index >= 15 is 0 Å². The molecule has 0 saturated carbocycles. The Bertz CT molecular complexity index is 803. The molecule has 0 aliphatic rings. The smallest absolute Gasteiger partial charge is 0.277 e. The molecule has 0 aliphatic carbocycles. The summed E-state index contributed by atoms with van der Waals surface area (Å²) in [6.45, 7) is 1.92. The number of rotatable bonds is 6. The first kappa shape index (κ1) is 17.0. The molecule has 0 fully saturated rings. The molecule has 1 amide bonds. The lowest BCUT2D eigenvalue weighted by Gasteiger charge is -2.13. The quantitative estimate of drug-likeness (QED) is 0.642. The lowest BCUT2D eigenvalue weighted by molar-refractivity contribution is -0.119. The number of nitrogens with one attached hydrogen (secondary N) is 1. The summed E-state index contributed by atoms with van der Waals surface area (Å²) in [5.41, 5.74) is 0.996. The molecule has 0 bridgehead atoms. The average molecular weight is 380 g/mol. The van der Waals surface area contributed by atoms with Crippen LogP contribution in [0.1, 0.15) is 18.5 Å². The molecule has 0 aliphatic heterocycles. The summed E-state index contributed by atoms with van der Waals surface area (Å²) >= 11 is 8.61. The molecular weight excluding hydrogens is 366 g/mol. The van der Waals surface area contributed by atoms with Crippen molar-refractivity contribution in [2.24, 2.45) is 0 Å². The van der Waals surface area contributed by atoms with Crippen LogP contribution in [0.5, 0.6) is 0 Å². The fourth-order valence-corrected chi connectivity index (χ4v) is 3.36. The van der Waals surface area contributed by atoms with Gasteiger partial charge in [0.15, 0.2) is 0 Å². The second-order valence-corrected chi connectivity index (χ2v) is 7.29. The summed E-state index contributed by atoms with van der Waals surface area (Å²) in [4.78, 5) is 13.0. The van der Waals surface area contributed by atoms with Crippen LogP contribution in [0.4, 0.5) is 0 Å². The molecule has 3 rings (SSSR count). The molecule has 1 N–H and O–H groups in total. The van der Waals surface area contributed by atoms with E-state index in [1.165, 1.54) is 23.1 Å². The zero-order valence-corrected chi connectivity index (χ0v) is 15.1. The minimum absolute atomic E-state index is 0.0975. The van der Waals surface area contributed by atoms with Crippen LogP contribution in [0, 0.1) is 0 Å². The van der Waals surface area contributed by atoms with E-state index < -0.39 is 0 Å². The van der Waals surface area contributed by atoms with Crippen LogP contribution < -0.4 is 5.32 Å². The lowest BCUT2D eigenvalue weighted by atomic mass is 10.1. The summed E-state index contributed by atoms with van der Waals surface area (Å²) in [5, 5.41) is 13.9. The van der Waals surface area contributed by atoms with Crippen molar-refractivity contribution in [1.29, 1.82) is 0 Å². The van der Waals surface area contributed by atoms with Gasteiger partial charge in [0.2, 0.25) is 5.91 Å².